The number of H-pyrrole nitrogens is 1. The molecule has 0 aliphatic heterocycles. The summed E-state index contributed by atoms with van der Waals surface area (Å²) in [7, 11) is 6.27. The average Bonchev–Trinajstić information content (AvgIpc) is 3.60. The molecular weight excluding hydrogens is 518 g/mol. The molecule has 0 aliphatic rings. The summed E-state index contributed by atoms with van der Waals surface area (Å²) in [6.07, 6.45) is 3.70. The van der Waals surface area contributed by atoms with Crippen LogP contribution in [0.2, 0.25) is 0 Å². The Hall–Kier alpha value is -3.80. The van der Waals surface area contributed by atoms with E-state index in [2.05, 4.69) is 25.4 Å². The van der Waals surface area contributed by atoms with Crippen LogP contribution in [-0.2, 0) is 11.2 Å². The van der Waals surface area contributed by atoms with Crippen molar-refractivity contribution < 1.29 is 41.9 Å². The second kappa shape index (κ2) is 12.4. The van der Waals surface area contributed by atoms with E-state index < -0.39 is 6.04 Å². The number of carbonyl (C=O) groups is 1. The lowest BCUT2D eigenvalue weighted by molar-refractivity contribution is -0.402. The van der Waals surface area contributed by atoms with E-state index >= 15 is 0 Å². The van der Waals surface area contributed by atoms with Crippen molar-refractivity contribution in [2.75, 3.05) is 33.8 Å². The van der Waals surface area contributed by atoms with Crippen molar-refractivity contribution in [2.24, 2.45) is 0 Å². The predicted molar refractivity (Wildman–Crippen MR) is 137 cm³/mol. The molecule has 0 fully saturated rings. The molecule has 12 heteroatoms. The van der Waals surface area contributed by atoms with Gasteiger partial charge in [0.1, 0.15) is 5.75 Å². The summed E-state index contributed by atoms with van der Waals surface area (Å²) in [5.41, 5.74) is 8.67. The molecule has 2 aromatic carbocycles. The van der Waals surface area contributed by atoms with Crippen LogP contribution in [0.3, 0.4) is 0 Å². The van der Waals surface area contributed by atoms with E-state index in [4.69, 9.17) is 18.9 Å². The fourth-order valence-electron chi connectivity index (χ4n) is 3.83. The highest BCUT2D eigenvalue weighted by atomic mass is 35.5. The SMILES string of the molecule is COc1ccc(-c2csnc2-c2cc(OC)c(OC)c(OC)c2)cc1NC(=O)[C@@H]([NH3+])Cc1cnc[nH]1.[Cl-]. The average molecular weight is 546 g/mol. The van der Waals surface area contributed by atoms with Crippen molar-refractivity contribution in [2.45, 2.75) is 12.5 Å². The number of benzene rings is 2. The van der Waals surface area contributed by atoms with E-state index in [0.29, 0.717) is 35.1 Å². The Morgan fingerprint density at radius 1 is 1.03 bits per heavy atom. The minimum atomic E-state index is -0.517. The number of hydrogen-bond acceptors (Lipinski definition) is 8. The van der Waals surface area contributed by atoms with Gasteiger partial charge in [0.25, 0.3) is 5.91 Å². The van der Waals surface area contributed by atoms with Crippen LogP contribution in [0.5, 0.6) is 23.0 Å². The van der Waals surface area contributed by atoms with Crippen LogP contribution < -0.4 is 42.4 Å². The molecule has 1 atom stereocenters. The van der Waals surface area contributed by atoms with E-state index in [1.807, 2.05) is 35.7 Å². The van der Waals surface area contributed by atoms with Crippen molar-refractivity contribution in [3.8, 4) is 45.4 Å². The van der Waals surface area contributed by atoms with Crippen LogP contribution >= 0.6 is 11.5 Å². The summed E-state index contributed by atoms with van der Waals surface area (Å²) in [6, 6.07) is 8.80. The lowest BCUT2D eigenvalue weighted by Gasteiger charge is -2.15. The zero-order valence-electron chi connectivity index (χ0n) is 20.8. The lowest BCUT2D eigenvalue weighted by Crippen LogP contribution is -3.00. The first-order valence-corrected chi connectivity index (χ1v) is 11.9. The number of hydrogen-bond donors (Lipinski definition) is 3. The number of anilines is 1. The molecule has 0 saturated heterocycles. The molecule has 10 nitrogen and oxygen atoms in total. The van der Waals surface area contributed by atoms with Crippen molar-refractivity contribution >= 4 is 23.1 Å². The standard InChI is InChI=1S/C25H27N5O5S.ClH/c1-32-20-6-5-14(7-19(20)29-25(31)18(26)10-16-11-27-13-28-16)17-12-36-30-23(17)15-8-21(33-2)24(35-4)22(9-15)34-3;/h5-9,11-13,18H,10,26H2,1-4H3,(H,27,28)(H,29,31);1H/t18-;/m0./s1. The molecule has 4 aromatic rings. The normalized spacial score (nSPS) is 11.3. The summed E-state index contributed by atoms with van der Waals surface area (Å²) in [4.78, 5) is 19.9. The lowest BCUT2D eigenvalue weighted by atomic mass is 10.0. The molecule has 0 unspecified atom stereocenters. The topological polar surface area (TPSA) is 135 Å². The number of imidazole rings is 1. The summed E-state index contributed by atoms with van der Waals surface area (Å²) < 4.78 is 26.6. The first kappa shape index (κ1) is 27.8. The predicted octanol–water partition coefficient (Wildman–Crippen LogP) is 0.0303. The Labute approximate surface area is 224 Å². The minimum absolute atomic E-state index is 0. The number of aromatic nitrogens is 3. The van der Waals surface area contributed by atoms with E-state index in [1.165, 1.54) is 11.5 Å². The second-order valence-electron chi connectivity index (χ2n) is 7.87. The van der Waals surface area contributed by atoms with Gasteiger partial charge in [0.15, 0.2) is 17.5 Å². The molecule has 37 heavy (non-hydrogen) atoms. The van der Waals surface area contributed by atoms with Gasteiger partial charge in [0.2, 0.25) is 5.75 Å². The van der Waals surface area contributed by atoms with Crippen LogP contribution in [0.1, 0.15) is 5.69 Å². The Kier molecular flexibility index (Phi) is 9.34. The van der Waals surface area contributed by atoms with Crippen LogP contribution in [0.4, 0.5) is 5.69 Å². The van der Waals surface area contributed by atoms with E-state index in [-0.39, 0.29) is 18.3 Å². The third kappa shape index (κ3) is 5.96. The molecule has 0 radical (unpaired) electrons. The third-order valence-electron chi connectivity index (χ3n) is 5.67. The number of rotatable bonds is 10. The van der Waals surface area contributed by atoms with Gasteiger partial charge in [0, 0.05) is 28.4 Å². The maximum absolute atomic E-state index is 12.9. The molecule has 4 rings (SSSR count). The Bertz CT molecular complexity index is 1320. The van der Waals surface area contributed by atoms with Gasteiger partial charge in [-0.2, -0.15) is 4.37 Å². The maximum atomic E-state index is 12.9. The molecule has 5 N–H and O–H groups in total. The number of aromatic amines is 1. The fourth-order valence-corrected chi connectivity index (χ4v) is 4.54. The van der Waals surface area contributed by atoms with Gasteiger partial charge in [0.05, 0.1) is 52.6 Å². The highest BCUT2D eigenvalue weighted by Gasteiger charge is 2.22. The van der Waals surface area contributed by atoms with E-state index in [0.717, 1.165) is 28.1 Å². The molecule has 0 saturated carbocycles. The number of amides is 1. The van der Waals surface area contributed by atoms with Gasteiger partial charge in [-0.3, -0.25) is 4.79 Å². The summed E-state index contributed by atoms with van der Waals surface area (Å²) in [6.45, 7) is 0. The Balaban J connectivity index is 0.00000380. The number of quaternary nitrogens is 1. The first-order chi connectivity index (χ1) is 17.5. The number of nitrogens with zero attached hydrogens (tertiary/aromatic N) is 2. The Morgan fingerprint density at radius 3 is 2.32 bits per heavy atom. The molecule has 2 heterocycles. The van der Waals surface area contributed by atoms with Gasteiger partial charge < -0.3 is 47.4 Å². The molecule has 0 spiro atoms. The van der Waals surface area contributed by atoms with Crippen molar-refractivity contribution in [1.29, 1.82) is 0 Å². The summed E-state index contributed by atoms with van der Waals surface area (Å²) >= 11 is 1.33. The minimum Gasteiger partial charge on any atom is -1.00 e. The quantitative estimate of drug-likeness (QED) is 0.256. The fraction of sp³-hybridized carbons (Fsp3) is 0.240. The number of carbonyl (C=O) groups excluding carboxylic acids is 1. The first-order valence-electron chi connectivity index (χ1n) is 11.0. The Morgan fingerprint density at radius 2 is 1.73 bits per heavy atom. The maximum Gasteiger partial charge on any atom is 0.283 e. The van der Waals surface area contributed by atoms with Crippen molar-refractivity contribution in [3.05, 3.63) is 53.9 Å². The summed E-state index contributed by atoms with van der Waals surface area (Å²) in [5, 5.41) is 4.91. The van der Waals surface area contributed by atoms with Crippen LogP contribution in [-0.4, -0.2) is 54.7 Å². The summed E-state index contributed by atoms with van der Waals surface area (Å²) in [5.74, 6) is 1.89. The van der Waals surface area contributed by atoms with E-state index in [9.17, 15) is 4.79 Å². The number of methoxy groups -OCH3 is 4. The molecule has 2 aromatic heterocycles. The van der Waals surface area contributed by atoms with Crippen molar-refractivity contribution in [3.63, 3.8) is 0 Å². The van der Waals surface area contributed by atoms with Crippen LogP contribution in [0.25, 0.3) is 22.4 Å². The van der Waals surface area contributed by atoms with Crippen LogP contribution in [0.15, 0.2) is 48.2 Å². The number of halogens is 1. The molecule has 196 valence electrons. The highest BCUT2D eigenvalue weighted by Crippen LogP contribution is 2.44. The van der Waals surface area contributed by atoms with Gasteiger partial charge in [-0.25, -0.2) is 4.98 Å². The highest BCUT2D eigenvalue weighted by molar-refractivity contribution is 7.04. The van der Waals surface area contributed by atoms with Crippen molar-refractivity contribution in [1.82, 2.24) is 14.3 Å². The number of ether oxygens (including phenoxy) is 4. The largest absolute Gasteiger partial charge is 1.00 e. The molecule has 1 amide bonds. The zero-order chi connectivity index (χ0) is 25.7. The smallest absolute Gasteiger partial charge is 0.283 e. The zero-order valence-corrected chi connectivity index (χ0v) is 22.4. The monoisotopic (exact) mass is 545 g/mol. The molecule has 0 bridgehead atoms. The van der Waals surface area contributed by atoms with E-state index in [1.54, 1.807) is 41.0 Å². The molecule has 0 aliphatic carbocycles. The molecular formula is C25H28ClN5O5S. The van der Waals surface area contributed by atoms with Gasteiger partial charge >= 0.3 is 0 Å². The van der Waals surface area contributed by atoms with Gasteiger partial charge in [-0.1, -0.05) is 6.07 Å². The van der Waals surface area contributed by atoms with Crippen LogP contribution in [0, 0.1) is 0 Å². The van der Waals surface area contributed by atoms with Gasteiger partial charge in [-0.15, -0.1) is 0 Å². The third-order valence-corrected chi connectivity index (χ3v) is 6.30. The number of nitrogens with one attached hydrogen (secondary N) is 2. The second-order valence-corrected chi connectivity index (χ2v) is 8.50. The van der Waals surface area contributed by atoms with Gasteiger partial charge in [-0.05, 0) is 41.4 Å².